The molecule has 1 aromatic carbocycles. The van der Waals surface area contributed by atoms with Crippen molar-refractivity contribution in [2.24, 2.45) is 0 Å². The third-order valence-corrected chi connectivity index (χ3v) is 9.03. The van der Waals surface area contributed by atoms with E-state index in [2.05, 4.69) is 10.2 Å². The Labute approximate surface area is 204 Å². The van der Waals surface area contributed by atoms with Crippen LogP contribution in [0, 0.1) is 0 Å². The van der Waals surface area contributed by atoms with Gasteiger partial charge >= 0.3 is 0 Å². The number of thioether (sulfide) groups is 1. The maximum Gasteiger partial charge on any atom is 0.263 e. The summed E-state index contributed by atoms with van der Waals surface area (Å²) in [5.74, 6) is 1.35. The topological polar surface area (TPSA) is 73.8 Å². The number of benzene rings is 1. The molecule has 0 atom stereocenters. The second kappa shape index (κ2) is 8.89. The molecule has 170 valence electrons. The fourth-order valence-electron chi connectivity index (χ4n) is 4.97. The van der Waals surface area contributed by atoms with Gasteiger partial charge in [0.05, 0.1) is 21.7 Å². The van der Waals surface area contributed by atoms with Crippen molar-refractivity contribution in [3.05, 3.63) is 56.0 Å². The molecular formula is C24H23ClN4O2S2. The summed E-state index contributed by atoms with van der Waals surface area (Å²) >= 11 is 9.47. The first-order valence-electron chi connectivity index (χ1n) is 11.5. The number of hydrogen-bond donors (Lipinski definition) is 0. The molecule has 2 aliphatic rings. The van der Waals surface area contributed by atoms with E-state index in [-0.39, 0.29) is 11.6 Å². The fourth-order valence-corrected chi connectivity index (χ4v) is 7.39. The average Bonchev–Trinajstić information content (AvgIpc) is 3.57. The molecule has 0 saturated heterocycles. The van der Waals surface area contributed by atoms with Crippen LogP contribution in [0.2, 0.25) is 5.02 Å². The summed E-state index contributed by atoms with van der Waals surface area (Å²) in [7, 11) is 0. The zero-order chi connectivity index (χ0) is 22.4. The quantitative estimate of drug-likeness (QED) is 0.232. The minimum atomic E-state index is 0.135. The van der Waals surface area contributed by atoms with Crippen molar-refractivity contribution in [1.82, 2.24) is 19.7 Å². The van der Waals surface area contributed by atoms with Crippen LogP contribution in [0.15, 0.2) is 38.6 Å². The Kier molecular flexibility index (Phi) is 5.76. The molecule has 1 saturated carbocycles. The van der Waals surface area contributed by atoms with E-state index in [9.17, 15) is 4.79 Å². The Morgan fingerprint density at radius 3 is 2.79 bits per heavy atom. The van der Waals surface area contributed by atoms with Gasteiger partial charge in [-0.25, -0.2) is 4.98 Å². The SMILES string of the molecule is O=c1c2c3c(sc2nc(SCc2nnc(-c4ccccc4Cl)o2)n1C1CCCC1)CCCC3. The normalized spacial score (nSPS) is 16.5. The molecule has 2 aliphatic carbocycles. The number of rotatable bonds is 5. The minimum Gasteiger partial charge on any atom is -0.420 e. The van der Waals surface area contributed by atoms with Gasteiger partial charge in [-0.05, 0) is 56.2 Å². The van der Waals surface area contributed by atoms with E-state index in [0.717, 1.165) is 65.9 Å². The van der Waals surface area contributed by atoms with Crippen LogP contribution in [-0.4, -0.2) is 19.7 Å². The van der Waals surface area contributed by atoms with Crippen molar-refractivity contribution in [2.75, 3.05) is 0 Å². The first kappa shape index (κ1) is 21.4. The monoisotopic (exact) mass is 498 g/mol. The minimum absolute atomic E-state index is 0.135. The summed E-state index contributed by atoms with van der Waals surface area (Å²) in [6, 6.07) is 7.64. The highest BCUT2D eigenvalue weighted by atomic mass is 35.5. The highest BCUT2D eigenvalue weighted by Crippen LogP contribution is 2.38. The first-order valence-corrected chi connectivity index (χ1v) is 13.6. The van der Waals surface area contributed by atoms with Crippen LogP contribution in [-0.2, 0) is 18.6 Å². The summed E-state index contributed by atoms with van der Waals surface area (Å²) in [6.07, 6.45) is 8.79. The standard InChI is InChI=1S/C24H23ClN4O2S2/c25-17-11-5-3-9-15(17)21-28-27-19(31-21)13-32-24-26-22-20(16-10-4-6-12-18(16)33-22)23(30)29(24)14-7-1-2-8-14/h3,5,9,11,14H,1-2,4,6-8,10,12-13H2. The number of hydrogen-bond acceptors (Lipinski definition) is 7. The van der Waals surface area contributed by atoms with Gasteiger partial charge in [0.1, 0.15) is 4.83 Å². The fraction of sp³-hybridized carbons (Fsp3) is 0.417. The molecule has 6 nitrogen and oxygen atoms in total. The summed E-state index contributed by atoms with van der Waals surface area (Å²) in [5, 5.41) is 10.6. The molecule has 9 heteroatoms. The second-order valence-corrected chi connectivity index (χ2v) is 11.1. The van der Waals surface area contributed by atoms with E-state index in [0.29, 0.717) is 22.6 Å². The maximum absolute atomic E-state index is 13.8. The maximum atomic E-state index is 13.8. The Balaban J connectivity index is 1.35. The van der Waals surface area contributed by atoms with Crippen LogP contribution in [0.4, 0.5) is 0 Å². The van der Waals surface area contributed by atoms with Gasteiger partial charge in [0.25, 0.3) is 5.56 Å². The lowest BCUT2D eigenvalue weighted by Crippen LogP contribution is -2.26. The van der Waals surface area contributed by atoms with Gasteiger partial charge < -0.3 is 4.42 Å². The van der Waals surface area contributed by atoms with Gasteiger partial charge in [-0.15, -0.1) is 21.5 Å². The third kappa shape index (κ3) is 3.92. The molecule has 6 rings (SSSR count). The van der Waals surface area contributed by atoms with Crippen LogP contribution in [0.5, 0.6) is 0 Å². The van der Waals surface area contributed by atoms with Gasteiger partial charge in [-0.1, -0.05) is 48.3 Å². The first-order chi connectivity index (χ1) is 16.2. The van der Waals surface area contributed by atoms with Gasteiger partial charge in [0.15, 0.2) is 5.16 Å². The summed E-state index contributed by atoms with van der Waals surface area (Å²) in [6.45, 7) is 0. The van der Waals surface area contributed by atoms with Gasteiger partial charge in [0.2, 0.25) is 11.8 Å². The van der Waals surface area contributed by atoms with Crippen molar-refractivity contribution >= 4 is 44.9 Å². The molecule has 4 aromatic rings. The van der Waals surface area contributed by atoms with Crippen LogP contribution < -0.4 is 5.56 Å². The van der Waals surface area contributed by atoms with Crippen molar-refractivity contribution in [1.29, 1.82) is 0 Å². The van der Waals surface area contributed by atoms with E-state index in [1.54, 1.807) is 17.4 Å². The van der Waals surface area contributed by atoms with Crippen molar-refractivity contribution in [3.63, 3.8) is 0 Å². The number of halogens is 1. The van der Waals surface area contributed by atoms with Crippen molar-refractivity contribution in [3.8, 4) is 11.5 Å². The number of nitrogens with zero attached hydrogens (tertiary/aromatic N) is 4. The Hall–Kier alpha value is -2.16. The highest BCUT2D eigenvalue weighted by Gasteiger charge is 2.27. The van der Waals surface area contributed by atoms with Crippen LogP contribution >= 0.6 is 34.7 Å². The highest BCUT2D eigenvalue weighted by molar-refractivity contribution is 7.98. The number of fused-ring (bicyclic) bond motifs is 3. The van der Waals surface area contributed by atoms with Gasteiger partial charge in [-0.3, -0.25) is 9.36 Å². The Bertz CT molecular complexity index is 1390. The van der Waals surface area contributed by atoms with E-state index in [1.165, 1.54) is 28.6 Å². The molecule has 0 radical (unpaired) electrons. The molecule has 0 N–H and O–H groups in total. The Morgan fingerprint density at radius 2 is 1.94 bits per heavy atom. The summed E-state index contributed by atoms with van der Waals surface area (Å²) in [4.78, 5) is 21.0. The predicted octanol–water partition coefficient (Wildman–Crippen LogP) is 6.45. The second-order valence-electron chi connectivity index (χ2n) is 8.67. The molecule has 1 fully saturated rings. The molecule has 0 bridgehead atoms. The zero-order valence-electron chi connectivity index (χ0n) is 18.1. The molecular weight excluding hydrogens is 476 g/mol. The zero-order valence-corrected chi connectivity index (χ0v) is 20.4. The third-order valence-electron chi connectivity index (χ3n) is 6.57. The molecule has 3 aromatic heterocycles. The summed E-state index contributed by atoms with van der Waals surface area (Å²) in [5.41, 5.74) is 2.11. The molecule has 0 spiro atoms. The summed E-state index contributed by atoms with van der Waals surface area (Å²) < 4.78 is 7.85. The van der Waals surface area contributed by atoms with E-state index < -0.39 is 0 Å². The van der Waals surface area contributed by atoms with Crippen LogP contribution in [0.3, 0.4) is 0 Å². The van der Waals surface area contributed by atoms with E-state index >= 15 is 0 Å². The molecule has 0 unspecified atom stereocenters. The lowest BCUT2D eigenvalue weighted by atomic mass is 9.97. The lowest BCUT2D eigenvalue weighted by molar-refractivity contribution is 0.457. The van der Waals surface area contributed by atoms with Crippen molar-refractivity contribution in [2.45, 2.75) is 68.3 Å². The molecule has 0 aliphatic heterocycles. The number of thiophene rings is 1. The largest absolute Gasteiger partial charge is 0.420 e. The lowest BCUT2D eigenvalue weighted by Gasteiger charge is -2.18. The molecule has 3 heterocycles. The van der Waals surface area contributed by atoms with Crippen LogP contribution in [0.1, 0.15) is 60.9 Å². The number of aromatic nitrogens is 4. The molecule has 33 heavy (non-hydrogen) atoms. The van der Waals surface area contributed by atoms with Crippen molar-refractivity contribution < 1.29 is 4.42 Å². The Morgan fingerprint density at radius 1 is 1.12 bits per heavy atom. The average molecular weight is 499 g/mol. The van der Waals surface area contributed by atoms with E-state index in [1.807, 2.05) is 22.8 Å². The predicted molar refractivity (Wildman–Crippen MR) is 132 cm³/mol. The number of aryl methyl sites for hydroxylation is 2. The smallest absolute Gasteiger partial charge is 0.263 e. The van der Waals surface area contributed by atoms with E-state index in [4.69, 9.17) is 21.0 Å². The van der Waals surface area contributed by atoms with Crippen LogP contribution in [0.25, 0.3) is 21.7 Å². The molecule has 0 amide bonds. The van der Waals surface area contributed by atoms with Gasteiger partial charge in [0, 0.05) is 10.9 Å². The van der Waals surface area contributed by atoms with Gasteiger partial charge in [-0.2, -0.15) is 0 Å².